The van der Waals surface area contributed by atoms with Crippen molar-refractivity contribution in [3.8, 4) is 0 Å². The molecule has 0 aromatic carbocycles. The Kier molecular flexibility index (Phi) is 7.38. The smallest absolute Gasteiger partial charge is 0.237 e. The lowest BCUT2D eigenvalue weighted by Gasteiger charge is -2.15. The van der Waals surface area contributed by atoms with Crippen LogP contribution in [0.15, 0.2) is 0 Å². The normalized spacial score (nSPS) is 13.7. The fourth-order valence-corrected chi connectivity index (χ4v) is 2.13. The number of carbonyl (C=O) groups excluding carboxylic acids is 1. The Bertz CT molecular complexity index is 326. The molecule has 0 radical (unpaired) electrons. The van der Waals surface area contributed by atoms with Crippen LogP contribution in [-0.4, -0.2) is 44.5 Å². The molecule has 0 aliphatic heterocycles. The van der Waals surface area contributed by atoms with Crippen molar-refractivity contribution in [2.24, 2.45) is 0 Å². The first-order valence-corrected chi connectivity index (χ1v) is 7.84. The molecule has 0 aromatic rings. The van der Waals surface area contributed by atoms with Crippen LogP contribution in [0.1, 0.15) is 34.1 Å². The highest BCUT2D eigenvalue weighted by Crippen LogP contribution is 1.93. The number of carbonyl (C=O) groups is 1. The highest BCUT2D eigenvalue weighted by Gasteiger charge is 2.13. The Hall–Kier alpha value is -0.620. The monoisotopic (exact) mass is 264 g/mol. The van der Waals surface area contributed by atoms with E-state index in [1.807, 2.05) is 13.8 Å². The Morgan fingerprint density at radius 3 is 2.29 bits per heavy atom. The number of amides is 1. The summed E-state index contributed by atoms with van der Waals surface area (Å²) < 4.78 is 22.4. The molecule has 0 aromatic heterocycles. The second-order valence-electron chi connectivity index (χ2n) is 4.43. The lowest BCUT2D eigenvalue weighted by Crippen LogP contribution is -2.45. The summed E-state index contributed by atoms with van der Waals surface area (Å²) >= 11 is 0. The third-order valence-corrected chi connectivity index (χ3v) is 4.14. The summed E-state index contributed by atoms with van der Waals surface area (Å²) in [5.74, 6) is 0.296. The zero-order valence-electron chi connectivity index (χ0n) is 11.1. The maximum Gasteiger partial charge on any atom is 0.237 e. The molecule has 0 saturated carbocycles. The van der Waals surface area contributed by atoms with Crippen LogP contribution in [-0.2, 0) is 14.6 Å². The van der Waals surface area contributed by atoms with E-state index in [0.29, 0.717) is 13.0 Å². The van der Waals surface area contributed by atoms with Crippen LogP contribution in [0.3, 0.4) is 0 Å². The minimum atomic E-state index is -2.90. The summed E-state index contributed by atoms with van der Waals surface area (Å²) in [6.45, 7) is 7.75. The molecule has 1 atom stereocenters. The number of nitrogens with one attached hydrogen (secondary N) is 2. The summed E-state index contributed by atoms with van der Waals surface area (Å²) in [6, 6.07) is -0.172. The van der Waals surface area contributed by atoms with E-state index in [9.17, 15) is 13.2 Å². The van der Waals surface area contributed by atoms with Gasteiger partial charge in [0.15, 0.2) is 0 Å². The molecule has 6 heteroatoms. The fraction of sp³-hybridized carbons (Fsp3) is 0.909. The minimum absolute atomic E-state index is 0.0571. The predicted molar refractivity (Wildman–Crippen MR) is 69.7 cm³/mol. The molecule has 0 heterocycles. The van der Waals surface area contributed by atoms with Gasteiger partial charge in [0.25, 0.3) is 0 Å². The van der Waals surface area contributed by atoms with Crippen molar-refractivity contribution in [3.05, 3.63) is 0 Å². The van der Waals surface area contributed by atoms with Gasteiger partial charge < -0.3 is 10.6 Å². The standard InChI is InChI=1S/C11H24N2O3S/c1-5-17(15,16)8-6-7-12-10(4)11(14)13-9(2)3/h9-10,12H,5-8H2,1-4H3,(H,13,14). The summed E-state index contributed by atoms with van der Waals surface area (Å²) in [6.07, 6.45) is 0.537. The van der Waals surface area contributed by atoms with Crippen LogP contribution in [0.2, 0.25) is 0 Å². The summed E-state index contributed by atoms with van der Waals surface area (Å²) in [4.78, 5) is 11.5. The molecular formula is C11H24N2O3S. The topological polar surface area (TPSA) is 75.3 Å². The van der Waals surface area contributed by atoms with Gasteiger partial charge in [-0.3, -0.25) is 4.79 Å². The Morgan fingerprint density at radius 2 is 1.82 bits per heavy atom. The van der Waals surface area contributed by atoms with E-state index in [-0.39, 0.29) is 29.5 Å². The molecule has 0 fully saturated rings. The van der Waals surface area contributed by atoms with Gasteiger partial charge >= 0.3 is 0 Å². The zero-order chi connectivity index (χ0) is 13.5. The van der Waals surface area contributed by atoms with E-state index in [1.165, 1.54) is 0 Å². The van der Waals surface area contributed by atoms with E-state index in [4.69, 9.17) is 0 Å². The quantitative estimate of drug-likeness (QED) is 0.619. The van der Waals surface area contributed by atoms with Crippen molar-refractivity contribution in [2.75, 3.05) is 18.1 Å². The first-order chi connectivity index (χ1) is 7.78. The molecule has 0 aliphatic carbocycles. The van der Waals surface area contributed by atoms with Crippen LogP contribution in [0.5, 0.6) is 0 Å². The number of hydrogen-bond donors (Lipinski definition) is 2. The highest BCUT2D eigenvalue weighted by molar-refractivity contribution is 7.91. The van der Waals surface area contributed by atoms with Gasteiger partial charge in [0.05, 0.1) is 11.8 Å². The highest BCUT2D eigenvalue weighted by atomic mass is 32.2. The Labute approximate surface area is 104 Å². The molecule has 1 amide bonds. The van der Waals surface area contributed by atoms with Gasteiger partial charge in [-0.05, 0) is 33.7 Å². The summed E-state index contributed by atoms with van der Waals surface area (Å²) in [5.41, 5.74) is 0. The maximum absolute atomic E-state index is 11.5. The maximum atomic E-state index is 11.5. The van der Waals surface area contributed by atoms with Gasteiger partial charge in [-0.2, -0.15) is 0 Å². The Morgan fingerprint density at radius 1 is 1.24 bits per heavy atom. The zero-order valence-corrected chi connectivity index (χ0v) is 11.9. The van der Waals surface area contributed by atoms with Gasteiger partial charge in [-0.25, -0.2) is 8.42 Å². The van der Waals surface area contributed by atoms with E-state index in [0.717, 1.165) is 0 Å². The SMILES string of the molecule is CCS(=O)(=O)CCCNC(C)C(=O)NC(C)C. The molecule has 0 bridgehead atoms. The number of hydrogen-bond acceptors (Lipinski definition) is 4. The number of rotatable bonds is 8. The molecule has 0 saturated heterocycles. The average molecular weight is 264 g/mol. The molecule has 102 valence electrons. The second kappa shape index (κ2) is 7.66. The van der Waals surface area contributed by atoms with Gasteiger partial charge in [0, 0.05) is 11.8 Å². The molecule has 0 rings (SSSR count). The van der Waals surface area contributed by atoms with Gasteiger partial charge in [0.2, 0.25) is 5.91 Å². The average Bonchev–Trinajstić information content (AvgIpc) is 2.23. The van der Waals surface area contributed by atoms with Crippen molar-refractivity contribution in [1.29, 1.82) is 0 Å². The fourth-order valence-electron chi connectivity index (χ4n) is 1.26. The molecule has 0 aliphatic rings. The van der Waals surface area contributed by atoms with Crippen LogP contribution >= 0.6 is 0 Å². The van der Waals surface area contributed by atoms with Crippen molar-refractivity contribution >= 4 is 15.7 Å². The third kappa shape index (κ3) is 8.15. The molecule has 5 nitrogen and oxygen atoms in total. The summed E-state index contributed by atoms with van der Waals surface area (Å²) in [7, 11) is -2.90. The van der Waals surface area contributed by atoms with Crippen molar-refractivity contribution in [3.63, 3.8) is 0 Å². The van der Waals surface area contributed by atoms with Crippen LogP contribution in [0.4, 0.5) is 0 Å². The van der Waals surface area contributed by atoms with Gasteiger partial charge in [0.1, 0.15) is 9.84 Å². The molecule has 0 spiro atoms. The molecule has 1 unspecified atom stereocenters. The van der Waals surface area contributed by atoms with Crippen molar-refractivity contribution < 1.29 is 13.2 Å². The van der Waals surface area contributed by atoms with Crippen LogP contribution in [0.25, 0.3) is 0 Å². The first-order valence-electron chi connectivity index (χ1n) is 6.02. The lowest BCUT2D eigenvalue weighted by atomic mass is 10.2. The molecular weight excluding hydrogens is 240 g/mol. The number of sulfone groups is 1. The van der Waals surface area contributed by atoms with E-state index in [2.05, 4.69) is 10.6 Å². The van der Waals surface area contributed by atoms with Crippen molar-refractivity contribution in [2.45, 2.75) is 46.2 Å². The van der Waals surface area contributed by atoms with Crippen molar-refractivity contribution in [1.82, 2.24) is 10.6 Å². The second-order valence-corrected chi connectivity index (χ2v) is 6.90. The predicted octanol–water partition coefficient (Wildman–Crippen LogP) is 0.314. The summed E-state index contributed by atoms with van der Waals surface area (Å²) in [5, 5.41) is 5.80. The van der Waals surface area contributed by atoms with E-state index < -0.39 is 9.84 Å². The van der Waals surface area contributed by atoms with Crippen LogP contribution in [0, 0.1) is 0 Å². The molecule has 17 heavy (non-hydrogen) atoms. The largest absolute Gasteiger partial charge is 0.353 e. The Balaban J connectivity index is 3.79. The van der Waals surface area contributed by atoms with E-state index in [1.54, 1.807) is 13.8 Å². The van der Waals surface area contributed by atoms with Gasteiger partial charge in [-0.15, -0.1) is 0 Å². The third-order valence-electron chi connectivity index (χ3n) is 2.35. The first kappa shape index (κ1) is 16.4. The van der Waals surface area contributed by atoms with Gasteiger partial charge in [-0.1, -0.05) is 6.92 Å². The van der Waals surface area contributed by atoms with Crippen LogP contribution < -0.4 is 10.6 Å². The van der Waals surface area contributed by atoms with E-state index >= 15 is 0 Å². The minimum Gasteiger partial charge on any atom is -0.353 e. The lowest BCUT2D eigenvalue weighted by molar-refractivity contribution is -0.123. The molecule has 2 N–H and O–H groups in total.